The Labute approximate surface area is 94.7 Å². The van der Waals surface area contributed by atoms with E-state index < -0.39 is 0 Å². The van der Waals surface area contributed by atoms with Gasteiger partial charge in [0.2, 0.25) is 0 Å². The number of nitrogens with two attached hydrogens (primary N) is 1. The molecule has 0 aliphatic carbocycles. The van der Waals surface area contributed by atoms with Gasteiger partial charge in [0.15, 0.2) is 0 Å². The number of fused-ring (bicyclic) bond motifs is 2. The Balaban J connectivity index is 2.04. The maximum absolute atomic E-state index is 6.06. The lowest BCUT2D eigenvalue weighted by Crippen LogP contribution is -2.55. The molecule has 0 aromatic heterocycles. The molecule has 80 valence electrons. The van der Waals surface area contributed by atoms with E-state index in [9.17, 15) is 0 Å². The van der Waals surface area contributed by atoms with Crippen molar-refractivity contribution >= 4 is 15.9 Å². The van der Waals surface area contributed by atoms with E-state index in [1.54, 1.807) is 0 Å². The molecule has 2 nitrogen and oxygen atoms in total. The molecule has 2 unspecified atom stereocenters. The van der Waals surface area contributed by atoms with Crippen LogP contribution in [0, 0.1) is 0 Å². The number of halogens is 1. The second kappa shape index (κ2) is 4.33. The van der Waals surface area contributed by atoms with Crippen LogP contribution in [0.25, 0.3) is 0 Å². The normalized spacial score (nSPS) is 38.3. The van der Waals surface area contributed by atoms with Crippen LogP contribution in [0.5, 0.6) is 0 Å². The van der Waals surface area contributed by atoms with Gasteiger partial charge in [-0.2, -0.15) is 0 Å². The highest BCUT2D eigenvalue weighted by molar-refractivity contribution is 9.11. The fourth-order valence-electron chi connectivity index (χ4n) is 2.98. The Morgan fingerprint density at radius 3 is 2.43 bits per heavy atom. The van der Waals surface area contributed by atoms with E-state index >= 15 is 0 Å². The van der Waals surface area contributed by atoms with Crippen molar-refractivity contribution < 1.29 is 0 Å². The van der Waals surface area contributed by atoms with Crippen LogP contribution >= 0.6 is 15.9 Å². The Morgan fingerprint density at radius 1 is 1.36 bits per heavy atom. The molecular formula is C11H19BrN2. The lowest BCUT2D eigenvalue weighted by Gasteiger charge is -2.48. The molecule has 2 N–H and O–H groups in total. The molecule has 0 spiro atoms. The van der Waals surface area contributed by atoms with Crippen molar-refractivity contribution in [3.63, 3.8) is 0 Å². The van der Waals surface area contributed by atoms with Crippen LogP contribution in [0.1, 0.15) is 32.1 Å². The van der Waals surface area contributed by atoms with Crippen molar-refractivity contribution in [2.75, 3.05) is 6.54 Å². The van der Waals surface area contributed by atoms with Gasteiger partial charge in [0, 0.05) is 29.2 Å². The molecule has 2 aliphatic heterocycles. The van der Waals surface area contributed by atoms with Gasteiger partial charge in [-0.1, -0.05) is 28.9 Å². The van der Waals surface area contributed by atoms with Crippen molar-refractivity contribution in [2.24, 2.45) is 5.73 Å². The van der Waals surface area contributed by atoms with Gasteiger partial charge in [-0.15, -0.1) is 0 Å². The molecule has 0 radical (unpaired) electrons. The first-order chi connectivity index (χ1) is 6.66. The molecule has 0 saturated carbocycles. The van der Waals surface area contributed by atoms with E-state index in [1.807, 2.05) is 0 Å². The van der Waals surface area contributed by atoms with Gasteiger partial charge >= 0.3 is 0 Å². The monoisotopic (exact) mass is 258 g/mol. The number of piperidine rings is 2. The summed E-state index contributed by atoms with van der Waals surface area (Å²) < 4.78 is 1.10. The molecule has 2 heterocycles. The number of hydrogen-bond donors (Lipinski definition) is 1. The van der Waals surface area contributed by atoms with Crippen LogP contribution < -0.4 is 5.73 Å². The van der Waals surface area contributed by atoms with Crippen molar-refractivity contribution in [1.29, 1.82) is 0 Å². The maximum atomic E-state index is 6.06. The molecule has 14 heavy (non-hydrogen) atoms. The molecule has 2 saturated heterocycles. The molecule has 2 bridgehead atoms. The first-order valence-electron chi connectivity index (χ1n) is 5.51. The molecule has 2 aliphatic rings. The molecule has 0 amide bonds. The Morgan fingerprint density at radius 2 is 1.93 bits per heavy atom. The van der Waals surface area contributed by atoms with Gasteiger partial charge in [-0.25, -0.2) is 0 Å². The van der Waals surface area contributed by atoms with Crippen LogP contribution in [-0.4, -0.2) is 29.6 Å². The van der Waals surface area contributed by atoms with E-state index in [-0.39, 0.29) is 0 Å². The first-order valence-corrected chi connectivity index (χ1v) is 6.30. The van der Waals surface area contributed by atoms with Gasteiger partial charge in [0.25, 0.3) is 0 Å². The summed E-state index contributed by atoms with van der Waals surface area (Å²) in [6, 6.07) is 1.86. The zero-order valence-corrected chi connectivity index (χ0v) is 10.2. The molecular weight excluding hydrogens is 240 g/mol. The third-order valence-corrected chi connectivity index (χ3v) is 3.77. The number of nitrogens with zero attached hydrogens (tertiary/aromatic N) is 1. The number of rotatable bonds is 2. The van der Waals surface area contributed by atoms with Gasteiger partial charge in [-0.3, -0.25) is 4.90 Å². The molecule has 3 heteroatoms. The van der Waals surface area contributed by atoms with E-state index in [0.29, 0.717) is 18.1 Å². The lowest BCUT2D eigenvalue weighted by molar-refractivity contribution is 0.0421. The van der Waals surface area contributed by atoms with E-state index in [4.69, 9.17) is 5.73 Å². The highest BCUT2D eigenvalue weighted by Crippen LogP contribution is 2.34. The highest BCUT2D eigenvalue weighted by Gasteiger charge is 2.36. The summed E-state index contributed by atoms with van der Waals surface area (Å²) in [5, 5.41) is 0. The number of hydrogen-bond acceptors (Lipinski definition) is 2. The highest BCUT2D eigenvalue weighted by atomic mass is 79.9. The minimum Gasteiger partial charge on any atom is -0.328 e. The second-order valence-electron chi connectivity index (χ2n) is 4.66. The summed E-state index contributed by atoms with van der Waals surface area (Å²) in [7, 11) is 0. The molecule has 0 aromatic rings. The standard InChI is InChI=1S/C11H19BrN2/c1-8(12)7-14-10-3-2-4-11(14)6-9(13)5-10/h9-11H,1-7,13H2. The van der Waals surface area contributed by atoms with Crippen molar-refractivity contribution in [3.05, 3.63) is 11.1 Å². The summed E-state index contributed by atoms with van der Waals surface area (Å²) in [6.07, 6.45) is 6.38. The van der Waals surface area contributed by atoms with Crippen LogP contribution in [0.4, 0.5) is 0 Å². The van der Waals surface area contributed by atoms with Crippen LogP contribution in [0.15, 0.2) is 11.1 Å². The van der Waals surface area contributed by atoms with Crippen LogP contribution in [0.2, 0.25) is 0 Å². The quantitative estimate of drug-likeness (QED) is 0.824. The summed E-state index contributed by atoms with van der Waals surface area (Å²) in [4.78, 5) is 2.60. The Bertz CT molecular complexity index is 215. The third kappa shape index (κ3) is 2.20. The second-order valence-corrected chi connectivity index (χ2v) is 5.78. The molecule has 0 aromatic carbocycles. The average molecular weight is 259 g/mol. The summed E-state index contributed by atoms with van der Waals surface area (Å²) >= 11 is 3.47. The average Bonchev–Trinajstić information content (AvgIpc) is 2.05. The zero-order chi connectivity index (χ0) is 10.1. The maximum Gasteiger partial charge on any atom is 0.0299 e. The molecule has 2 atom stereocenters. The van der Waals surface area contributed by atoms with E-state index in [0.717, 1.165) is 11.0 Å². The predicted octanol–water partition coefficient (Wildman–Crippen LogP) is 2.24. The Hall–Kier alpha value is 0.140. The molecule has 2 rings (SSSR count). The first kappa shape index (κ1) is 10.7. The fourth-order valence-corrected chi connectivity index (χ4v) is 3.27. The smallest absolute Gasteiger partial charge is 0.0299 e. The van der Waals surface area contributed by atoms with Gasteiger partial charge in [0.1, 0.15) is 0 Å². The summed E-state index contributed by atoms with van der Waals surface area (Å²) in [6.45, 7) is 4.94. The Kier molecular flexibility index (Phi) is 3.30. The summed E-state index contributed by atoms with van der Waals surface area (Å²) in [5.41, 5.74) is 6.06. The minimum absolute atomic E-state index is 0.435. The topological polar surface area (TPSA) is 29.3 Å². The van der Waals surface area contributed by atoms with Crippen molar-refractivity contribution in [1.82, 2.24) is 4.90 Å². The van der Waals surface area contributed by atoms with Crippen LogP contribution in [0.3, 0.4) is 0 Å². The van der Waals surface area contributed by atoms with Gasteiger partial charge < -0.3 is 5.73 Å². The third-order valence-electron chi connectivity index (χ3n) is 3.52. The largest absolute Gasteiger partial charge is 0.328 e. The zero-order valence-electron chi connectivity index (χ0n) is 8.58. The van der Waals surface area contributed by atoms with E-state index in [1.165, 1.54) is 32.1 Å². The van der Waals surface area contributed by atoms with Gasteiger partial charge in [0.05, 0.1) is 0 Å². The van der Waals surface area contributed by atoms with Crippen molar-refractivity contribution in [2.45, 2.75) is 50.2 Å². The SMILES string of the molecule is C=C(Br)CN1C2CCCC1CC(N)C2. The summed E-state index contributed by atoms with van der Waals surface area (Å²) in [5.74, 6) is 0. The van der Waals surface area contributed by atoms with E-state index in [2.05, 4.69) is 27.4 Å². The van der Waals surface area contributed by atoms with Crippen molar-refractivity contribution in [3.8, 4) is 0 Å². The predicted molar refractivity (Wildman–Crippen MR) is 63.4 cm³/mol. The molecule has 2 fully saturated rings. The van der Waals surface area contributed by atoms with Crippen LogP contribution in [-0.2, 0) is 0 Å². The lowest BCUT2D eigenvalue weighted by atomic mass is 9.82. The minimum atomic E-state index is 0.435. The fraction of sp³-hybridized carbons (Fsp3) is 0.818. The van der Waals surface area contributed by atoms with Gasteiger partial charge in [-0.05, 0) is 25.7 Å².